The number of carbonyl (C=O) groups is 1. The van der Waals surface area contributed by atoms with Crippen molar-refractivity contribution in [2.45, 2.75) is 108 Å². The molecule has 170 valence electrons. The molecule has 0 aromatic rings. The summed E-state index contributed by atoms with van der Waals surface area (Å²) in [6, 6.07) is 0.446. The predicted octanol–water partition coefficient (Wildman–Crippen LogP) is 3.53. The Balaban J connectivity index is 1.38. The summed E-state index contributed by atoms with van der Waals surface area (Å²) in [5.41, 5.74) is 0.821. The van der Waals surface area contributed by atoms with Crippen molar-refractivity contribution in [2.75, 3.05) is 20.3 Å². The van der Waals surface area contributed by atoms with Crippen molar-refractivity contribution in [3.8, 4) is 0 Å². The second-order valence-electron chi connectivity index (χ2n) is 10.1. The number of epoxide rings is 2. The molecule has 0 amide bonds. The van der Waals surface area contributed by atoms with Gasteiger partial charge in [0.15, 0.2) is 0 Å². The molecule has 0 bridgehead atoms. The molecule has 2 aliphatic heterocycles. The molecule has 2 aliphatic carbocycles. The van der Waals surface area contributed by atoms with E-state index in [2.05, 4.69) is 32.2 Å². The zero-order valence-corrected chi connectivity index (χ0v) is 19.1. The van der Waals surface area contributed by atoms with E-state index < -0.39 is 0 Å². The third-order valence-corrected chi connectivity index (χ3v) is 7.66. The van der Waals surface area contributed by atoms with Crippen LogP contribution in [0.4, 0.5) is 0 Å². The molecule has 6 heteroatoms. The fourth-order valence-corrected chi connectivity index (χ4v) is 5.82. The Kier molecular flexibility index (Phi) is 6.59. The number of allylic oxidation sites excluding steroid dienone is 1. The van der Waals surface area contributed by atoms with Gasteiger partial charge in [-0.05, 0) is 52.9 Å². The van der Waals surface area contributed by atoms with Gasteiger partial charge >= 0.3 is 5.97 Å². The van der Waals surface area contributed by atoms with Crippen LogP contribution in [0.3, 0.4) is 0 Å². The van der Waals surface area contributed by atoms with Crippen LogP contribution in [0, 0.1) is 5.92 Å². The van der Waals surface area contributed by atoms with E-state index in [0.717, 1.165) is 38.7 Å². The number of carbonyl (C=O) groups excluding carboxylic acids is 1. The van der Waals surface area contributed by atoms with Crippen LogP contribution in [0.5, 0.6) is 0 Å². The predicted molar refractivity (Wildman–Crippen MR) is 114 cm³/mol. The van der Waals surface area contributed by atoms with Crippen LogP contribution in [0.1, 0.15) is 72.1 Å². The van der Waals surface area contributed by atoms with Crippen molar-refractivity contribution in [3.05, 3.63) is 11.6 Å². The summed E-state index contributed by atoms with van der Waals surface area (Å²) >= 11 is 0. The number of rotatable bonds is 8. The smallest absolute Gasteiger partial charge is 0.320 e. The molecule has 0 aromatic heterocycles. The summed E-state index contributed by atoms with van der Waals surface area (Å²) in [5.74, 6) is -0.106. The maximum atomic E-state index is 12.6. The number of hydrogen-bond acceptors (Lipinski definition) is 6. The van der Waals surface area contributed by atoms with E-state index in [1.807, 2.05) is 0 Å². The second kappa shape index (κ2) is 8.89. The van der Waals surface area contributed by atoms with Crippen molar-refractivity contribution < 1.29 is 23.7 Å². The average Bonchev–Trinajstić information content (AvgIpc) is 3.64. The van der Waals surface area contributed by atoms with Gasteiger partial charge in [0.05, 0.1) is 25.2 Å². The van der Waals surface area contributed by atoms with Gasteiger partial charge in [-0.25, -0.2) is 0 Å². The maximum Gasteiger partial charge on any atom is 0.320 e. The molecule has 6 nitrogen and oxygen atoms in total. The molecule has 2 heterocycles. The molecule has 0 aromatic carbocycles. The fourth-order valence-electron chi connectivity index (χ4n) is 5.82. The van der Waals surface area contributed by atoms with Crippen LogP contribution < -0.4 is 5.32 Å². The first-order valence-electron chi connectivity index (χ1n) is 11.8. The molecular formula is C24H39NO5. The number of ether oxygens (including phenoxy) is 4. The van der Waals surface area contributed by atoms with Crippen LogP contribution in [-0.4, -0.2) is 61.8 Å². The van der Waals surface area contributed by atoms with E-state index in [1.54, 1.807) is 7.11 Å². The van der Waals surface area contributed by atoms with E-state index in [1.165, 1.54) is 24.8 Å². The van der Waals surface area contributed by atoms with Crippen molar-refractivity contribution in [1.82, 2.24) is 5.32 Å². The van der Waals surface area contributed by atoms with Gasteiger partial charge in [-0.15, -0.1) is 0 Å². The third-order valence-electron chi connectivity index (χ3n) is 7.66. The number of hydrogen-bond donors (Lipinski definition) is 1. The minimum Gasteiger partial charge on any atom is -0.459 e. The molecule has 0 radical (unpaired) electrons. The van der Waals surface area contributed by atoms with E-state index >= 15 is 0 Å². The van der Waals surface area contributed by atoms with E-state index in [-0.39, 0.29) is 47.9 Å². The fraction of sp³-hybridized carbons (Fsp3) is 0.875. The summed E-state index contributed by atoms with van der Waals surface area (Å²) in [5, 5.41) is 3.39. The maximum absolute atomic E-state index is 12.6. The SMILES string of the molecule is CO[C@@H]1[C@H](OC(=O)CNC2CCCCC2)CC[C@]2(CO2)[C@H]1[C@@]1(C)OC1CC=C(C)C. The summed E-state index contributed by atoms with van der Waals surface area (Å²) in [7, 11) is 1.72. The zero-order chi connectivity index (χ0) is 21.4. The van der Waals surface area contributed by atoms with Gasteiger partial charge < -0.3 is 24.3 Å². The van der Waals surface area contributed by atoms with Crippen molar-refractivity contribution >= 4 is 5.97 Å². The Morgan fingerprint density at radius 2 is 1.93 bits per heavy atom. The first-order chi connectivity index (χ1) is 14.4. The molecule has 2 saturated carbocycles. The van der Waals surface area contributed by atoms with Crippen molar-refractivity contribution in [2.24, 2.45) is 5.92 Å². The molecular weight excluding hydrogens is 382 g/mol. The first-order valence-corrected chi connectivity index (χ1v) is 11.8. The average molecular weight is 422 g/mol. The molecule has 1 spiro atoms. The highest BCUT2D eigenvalue weighted by Crippen LogP contribution is 2.59. The Bertz CT molecular complexity index is 650. The third kappa shape index (κ3) is 4.62. The highest BCUT2D eigenvalue weighted by Gasteiger charge is 2.72. The second-order valence-corrected chi connectivity index (χ2v) is 10.1. The summed E-state index contributed by atoms with van der Waals surface area (Å²) in [6.07, 6.45) is 10.6. The van der Waals surface area contributed by atoms with Crippen LogP contribution in [0.15, 0.2) is 11.6 Å². The quantitative estimate of drug-likeness (QED) is 0.367. The molecule has 2 saturated heterocycles. The van der Waals surface area contributed by atoms with E-state index in [9.17, 15) is 4.79 Å². The molecule has 1 unspecified atom stereocenters. The highest BCUT2D eigenvalue weighted by molar-refractivity contribution is 5.72. The molecule has 6 atom stereocenters. The summed E-state index contributed by atoms with van der Waals surface area (Å²) < 4.78 is 24.1. The Labute approximate surface area is 181 Å². The van der Waals surface area contributed by atoms with Crippen LogP contribution in [0.2, 0.25) is 0 Å². The Morgan fingerprint density at radius 1 is 1.20 bits per heavy atom. The molecule has 1 N–H and O–H groups in total. The molecule has 4 rings (SSSR count). The normalized spacial score (nSPS) is 40.8. The lowest BCUT2D eigenvalue weighted by molar-refractivity contribution is -0.171. The van der Waals surface area contributed by atoms with Crippen LogP contribution >= 0.6 is 0 Å². The van der Waals surface area contributed by atoms with Crippen LogP contribution in [-0.2, 0) is 23.7 Å². The van der Waals surface area contributed by atoms with E-state index in [4.69, 9.17) is 18.9 Å². The van der Waals surface area contributed by atoms with Gasteiger partial charge in [-0.1, -0.05) is 30.9 Å². The lowest BCUT2D eigenvalue weighted by Crippen LogP contribution is -2.56. The van der Waals surface area contributed by atoms with Crippen LogP contribution in [0.25, 0.3) is 0 Å². The van der Waals surface area contributed by atoms with E-state index in [0.29, 0.717) is 6.04 Å². The highest BCUT2D eigenvalue weighted by atomic mass is 16.6. The molecule has 4 fully saturated rings. The van der Waals surface area contributed by atoms with Gasteiger partial charge in [0, 0.05) is 13.2 Å². The van der Waals surface area contributed by atoms with Gasteiger partial charge in [-0.2, -0.15) is 0 Å². The van der Waals surface area contributed by atoms with Crippen molar-refractivity contribution in [3.63, 3.8) is 0 Å². The minimum absolute atomic E-state index is 0.0726. The molecule has 4 aliphatic rings. The minimum atomic E-state index is -0.297. The number of nitrogens with one attached hydrogen (secondary N) is 1. The lowest BCUT2D eigenvalue weighted by Gasteiger charge is -2.42. The number of methoxy groups -OCH3 is 1. The molecule has 30 heavy (non-hydrogen) atoms. The standard InChI is InChI=1S/C24H39NO5/c1-16(2)10-11-19-23(3,30-19)22-21(27-4)18(12-13-24(22)15-28-24)29-20(26)14-25-17-8-6-5-7-9-17/h10,17-19,21-22,25H,5-9,11-15H2,1-4H3/t18-,19?,21-,22-,23+,24+/m1/s1. The first kappa shape index (κ1) is 22.3. The summed E-state index contributed by atoms with van der Waals surface area (Å²) in [4.78, 5) is 12.6. The lowest BCUT2D eigenvalue weighted by atomic mass is 9.68. The number of esters is 1. The van der Waals surface area contributed by atoms with Crippen molar-refractivity contribution in [1.29, 1.82) is 0 Å². The van der Waals surface area contributed by atoms with Gasteiger partial charge in [0.25, 0.3) is 0 Å². The van der Waals surface area contributed by atoms with Gasteiger partial charge in [0.1, 0.15) is 23.4 Å². The van der Waals surface area contributed by atoms with Gasteiger partial charge in [-0.3, -0.25) is 4.79 Å². The monoisotopic (exact) mass is 421 g/mol. The largest absolute Gasteiger partial charge is 0.459 e. The van der Waals surface area contributed by atoms with Gasteiger partial charge in [0.2, 0.25) is 0 Å². The summed E-state index contributed by atoms with van der Waals surface area (Å²) in [6.45, 7) is 7.42. The topological polar surface area (TPSA) is 72.6 Å². The Hall–Kier alpha value is -0.950. The zero-order valence-electron chi connectivity index (χ0n) is 19.1. The Morgan fingerprint density at radius 3 is 2.57 bits per heavy atom.